The third-order valence-electron chi connectivity index (χ3n) is 4.10. The highest BCUT2D eigenvalue weighted by atomic mass is 16.5. The quantitative estimate of drug-likeness (QED) is 0.882. The van der Waals surface area contributed by atoms with Crippen molar-refractivity contribution in [1.82, 2.24) is 15.2 Å². The van der Waals surface area contributed by atoms with Crippen molar-refractivity contribution in [3.63, 3.8) is 0 Å². The molecule has 1 aliphatic rings. The predicted molar refractivity (Wildman–Crippen MR) is 83.9 cm³/mol. The second-order valence-electron chi connectivity index (χ2n) is 5.87. The first kappa shape index (κ1) is 15.5. The minimum absolute atomic E-state index is 0.0381. The Bertz CT molecular complexity index is 634. The Labute approximate surface area is 134 Å². The van der Waals surface area contributed by atoms with Gasteiger partial charge in [-0.2, -0.15) is 5.10 Å². The monoisotopic (exact) mass is 316 g/mol. The summed E-state index contributed by atoms with van der Waals surface area (Å²) in [7, 11) is 0. The van der Waals surface area contributed by atoms with Gasteiger partial charge in [-0.15, -0.1) is 0 Å². The van der Waals surface area contributed by atoms with Crippen LogP contribution >= 0.6 is 0 Å². The van der Waals surface area contributed by atoms with Crippen molar-refractivity contribution in [1.29, 1.82) is 0 Å². The number of benzene rings is 1. The molecule has 2 heterocycles. The van der Waals surface area contributed by atoms with Gasteiger partial charge < -0.3 is 14.8 Å². The Morgan fingerprint density at radius 1 is 1.35 bits per heavy atom. The fourth-order valence-electron chi connectivity index (χ4n) is 2.42. The van der Waals surface area contributed by atoms with E-state index in [-0.39, 0.29) is 11.3 Å². The summed E-state index contributed by atoms with van der Waals surface area (Å²) in [6, 6.07) is 7.29. The van der Waals surface area contributed by atoms with Crippen molar-refractivity contribution < 1.29 is 14.3 Å². The largest absolute Gasteiger partial charge is 0.486 e. The fraction of sp³-hybridized carbons (Fsp3) is 0.438. The van der Waals surface area contributed by atoms with E-state index in [1.807, 2.05) is 31.2 Å². The molecule has 1 aliphatic heterocycles. The normalized spacial score (nSPS) is 16.7. The van der Waals surface area contributed by atoms with Gasteiger partial charge in [-0.3, -0.25) is 9.89 Å². The number of amides is 1. The average Bonchev–Trinajstić information content (AvgIpc) is 3.08. The fourth-order valence-corrected chi connectivity index (χ4v) is 2.42. The number of H-pyrrole nitrogens is 1. The summed E-state index contributed by atoms with van der Waals surface area (Å²) >= 11 is 0. The lowest BCUT2D eigenvalue weighted by molar-refractivity contribution is -0.129. The number of carbonyl (C=O) groups is 1. The van der Waals surface area contributed by atoms with Crippen molar-refractivity contribution >= 4 is 11.6 Å². The zero-order chi connectivity index (χ0) is 16.1. The van der Waals surface area contributed by atoms with E-state index < -0.39 is 0 Å². The molecule has 1 fully saturated rings. The van der Waals surface area contributed by atoms with E-state index in [1.165, 1.54) is 6.33 Å². The number of rotatable bonds is 5. The first-order valence-electron chi connectivity index (χ1n) is 7.62. The third kappa shape index (κ3) is 3.87. The van der Waals surface area contributed by atoms with Gasteiger partial charge >= 0.3 is 0 Å². The summed E-state index contributed by atoms with van der Waals surface area (Å²) in [6.07, 6.45) is 2.93. The minimum Gasteiger partial charge on any atom is -0.486 e. The molecule has 1 amide bonds. The summed E-state index contributed by atoms with van der Waals surface area (Å²) in [6.45, 7) is 3.58. The summed E-state index contributed by atoms with van der Waals surface area (Å²) in [5.74, 6) is 1.41. The topological polar surface area (TPSA) is 89.1 Å². The van der Waals surface area contributed by atoms with Crippen LogP contribution in [-0.2, 0) is 16.1 Å². The second kappa shape index (κ2) is 6.78. The van der Waals surface area contributed by atoms with Crippen LogP contribution in [0.4, 0.5) is 5.69 Å². The molecule has 1 aromatic heterocycles. The maximum Gasteiger partial charge on any atom is 0.230 e. The van der Waals surface area contributed by atoms with Crippen LogP contribution in [-0.4, -0.2) is 34.3 Å². The Balaban J connectivity index is 1.55. The maximum absolute atomic E-state index is 12.4. The zero-order valence-corrected chi connectivity index (χ0v) is 13.0. The van der Waals surface area contributed by atoms with Gasteiger partial charge in [-0.25, -0.2) is 4.98 Å². The Hall–Kier alpha value is -2.41. The summed E-state index contributed by atoms with van der Waals surface area (Å²) < 4.78 is 10.9. The highest BCUT2D eigenvalue weighted by Gasteiger charge is 2.35. The molecule has 0 atom stereocenters. The predicted octanol–water partition coefficient (Wildman–Crippen LogP) is 2.14. The van der Waals surface area contributed by atoms with Crippen LogP contribution in [0.2, 0.25) is 0 Å². The molecule has 7 heteroatoms. The first-order valence-corrected chi connectivity index (χ1v) is 7.62. The third-order valence-corrected chi connectivity index (χ3v) is 4.10. The van der Waals surface area contributed by atoms with Gasteiger partial charge in [-0.1, -0.05) is 6.92 Å². The molecule has 3 rings (SSSR count). The number of aromatic nitrogens is 3. The molecule has 1 saturated heterocycles. The zero-order valence-electron chi connectivity index (χ0n) is 13.0. The molecule has 0 bridgehead atoms. The SMILES string of the molecule is CC1(C(=O)Nc2ccc(OCc3ncn[nH]3)cc2)CCOCC1. The van der Waals surface area contributed by atoms with Gasteiger partial charge in [0.2, 0.25) is 5.91 Å². The van der Waals surface area contributed by atoms with Crippen LogP contribution in [0.3, 0.4) is 0 Å². The number of carbonyl (C=O) groups excluding carboxylic acids is 1. The van der Waals surface area contributed by atoms with E-state index >= 15 is 0 Å². The molecule has 0 unspecified atom stereocenters. The average molecular weight is 316 g/mol. The van der Waals surface area contributed by atoms with Gasteiger partial charge in [0.25, 0.3) is 0 Å². The molecule has 2 aromatic rings. The number of anilines is 1. The standard InChI is InChI=1S/C16H20N4O3/c1-16(6-8-22-9-7-16)15(21)19-12-2-4-13(5-3-12)23-10-14-17-11-18-20-14/h2-5,11H,6-10H2,1H3,(H,19,21)(H,17,18,20). The van der Waals surface area contributed by atoms with Crippen LogP contribution < -0.4 is 10.1 Å². The minimum atomic E-state index is -0.361. The molecular weight excluding hydrogens is 296 g/mol. The number of hydrogen-bond acceptors (Lipinski definition) is 5. The Morgan fingerprint density at radius 2 is 2.09 bits per heavy atom. The molecule has 0 saturated carbocycles. The van der Waals surface area contributed by atoms with E-state index in [2.05, 4.69) is 20.5 Å². The van der Waals surface area contributed by atoms with Crippen molar-refractivity contribution in [2.24, 2.45) is 5.41 Å². The van der Waals surface area contributed by atoms with Crippen LogP contribution in [0.25, 0.3) is 0 Å². The lowest BCUT2D eigenvalue weighted by Crippen LogP contribution is -2.38. The smallest absolute Gasteiger partial charge is 0.230 e. The second-order valence-corrected chi connectivity index (χ2v) is 5.87. The lowest BCUT2D eigenvalue weighted by atomic mass is 9.81. The van der Waals surface area contributed by atoms with Crippen LogP contribution in [0.5, 0.6) is 5.75 Å². The first-order chi connectivity index (χ1) is 11.2. The van der Waals surface area contributed by atoms with E-state index in [0.29, 0.717) is 31.4 Å². The highest BCUT2D eigenvalue weighted by molar-refractivity contribution is 5.95. The molecule has 0 radical (unpaired) electrons. The molecule has 23 heavy (non-hydrogen) atoms. The molecule has 0 spiro atoms. The van der Waals surface area contributed by atoms with E-state index in [1.54, 1.807) is 0 Å². The molecular formula is C16H20N4O3. The number of nitrogens with one attached hydrogen (secondary N) is 2. The van der Waals surface area contributed by atoms with Crippen LogP contribution in [0.1, 0.15) is 25.6 Å². The molecule has 122 valence electrons. The number of ether oxygens (including phenoxy) is 2. The van der Waals surface area contributed by atoms with Gasteiger partial charge in [-0.05, 0) is 37.1 Å². The van der Waals surface area contributed by atoms with Crippen LogP contribution in [0.15, 0.2) is 30.6 Å². The number of aromatic amines is 1. The molecule has 1 aromatic carbocycles. The maximum atomic E-state index is 12.4. The summed E-state index contributed by atoms with van der Waals surface area (Å²) in [5, 5.41) is 9.46. The van der Waals surface area contributed by atoms with Gasteiger partial charge in [0.1, 0.15) is 18.7 Å². The lowest BCUT2D eigenvalue weighted by Gasteiger charge is -2.31. The van der Waals surface area contributed by atoms with Crippen molar-refractivity contribution in [3.8, 4) is 5.75 Å². The number of nitrogens with zero attached hydrogens (tertiary/aromatic N) is 2. The van der Waals surface area contributed by atoms with Crippen molar-refractivity contribution in [2.75, 3.05) is 18.5 Å². The van der Waals surface area contributed by atoms with Gasteiger partial charge in [0.05, 0.1) is 5.41 Å². The number of hydrogen-bond donors (Lipinski definition) is 2. The van der Waals surface area contributed by atoms with Gasteiger partial charge in [0, 0.05) is 18.9 Å². The summed E-state index contributed by atoms with van der Waals surface area (Å²) in [4.78, 5) is 16.4. The molecule has 2 N–H and O–H groups in total. The Kier molecular flexibility index (Phi) is 4.57. The van der Waals surface area contributed by atoms with E-state index in [4.69, 9.17) is 9.47 Å². The van der Waals surface area contributed by atoms with E-state index in [9.17, 15) is 4.79 Å². The van der Waals surface area contributed by atoms with Gasteiger partial charge in [0.15, 0.2) is 5.82 Å². The van der Waals surface area contributed by atoms with E-state index in [0.717, 1.165) is 18.5 Å². The van der Waals surface area contributed by atoms with Crippen molar-refractivity contribution in [2.45, 2.75) is 26.4 Å². The van der Waals surface area contributed by atoms with Crippen LogP contribution in [0, 0.1) is 5.41 Å². The Morgan fingerprint density at radius 3 is 2.74 bits per heavy atom. The van der Waals surface area contributed by atoms with Crippen molar-refractivity contribution in [3.05, 3.63) is 36.4 Å². The summed E-state index contributed by atoms with van der Waals surface area (Å²) in [5.41, 5.74) is 0.398. The molecule has 0 aliphatic carbocycles. The highest BCUT2D eigenvalue weighted by Crippen LogP contribution is 2.31. The molecule has 7 nitrogen and oxygen atoms in total.